The molecule has 3 aromatic rings. The maximum Gasteiger partial charge on any atom is 0.131 e. The Morgan fingerprint density at radius 1 is 1.29 bits per heavy atom. The van der Waals surface area contributed by atoms with Crippen molar-refractivity contribution in [2.45, 2.75) is 38.6 Å². The van der Waals surface area contributed by atoms with Crippen LogP contribution in [-0.2, 0) is 6.42 Å². The molecule has 6 nitrogen and oxygen atoms in total. The van der Waals surface area contributed by atoms with E-state index in [1.165, 1.54) is 0 Å². The highest BCUT2D eigenvalue weighted by atomic mass is 32.1. The van der Waals surface area contributed by atoms with Crippen LogP contribution in [0, 0.1) is 11.3 Å². The van der Waals surface area contributed by atoms with Gasteiger partial charge >= 0.3 is 0 Å². The van der Waals surface area contributed by atoms with E-state index in [1.807, 2.05) is 6.07 Å². The van der Waals surface area contributed by atoms with Gasteiger partial charge in [0.1, 0.15) is 17.7 Å². The molecule has 0 radical (unpaired) electrons. The molecule has 0 aromatic carbocycles. The minimum atomic E-state index is -0.0574. The van der Waals surface area contributed by atoms with Crippen LogP contribution in [0.3, 0.4) is 0 Å². The van der Waals surface area contributed by atoms with Crippen molar-refractivity contribution in [2.75, 3.05) is 0 Å². The predicted octanol–water partition coefficient (Wildman–Crippen LogP) is 3.99. The maximum absolute atomic E-state index is 9.09. The first-order valence-electron chi connectivity index (χ1n) is 9.22. The zero-order valence-electron chi connectivity index (χ0n) is 15.8. The number of rotatable bonds is 4. The van der Waals surface area contributed by atoms with E-state index in [0.29, 0.717) is 23.7 Å². The van der Waals surface area contributed by atoms with Gasteiger partial charge in [0.2, 0.25) is 0 Å². The van der Waals surface area contributed by atoms with E-state index in [9.17, 15) is 0 Å². The lowest BCUT2D eigenvalue weighted by Gasteiger charge is -2.21. The summed E-state index contributed by atoms with van der Waals surface area (Å²) in [5.41, 5.74) is 10.5. The lowest BCUT2D eigenvalue weighted by Crippen LogP contribution is -2.25. The first-order valence-corrected chi connectivity index (χ1v) is 10.1. The summed E-state index contributed by atoms with van der Waals surface area (Å²) in [6, 6.07) is 6.02. The number of hydrogen-bond acceptors (Lipinski definition) is 7. The molecule has 0 fully saturated rings. The summed E-state index contributed by atoms with van der Waals surface area (Å²) >= 11 is 1.64. The van der Waals surface area contributed by atoms with Gasteiger partial charge in [-0.25, -0.2) is 9.97 Å². The highest BCUT2D eigenvalue weighted by Gasteiger charge is 2.25. The highest BCUT2D eigenvalue weighted by molar-refractivity contribution is 7.10. The van der Waals surface area contributed by atoms with Crippen LogP contribution >= 0.6 is 11.3 Å². The van der Waals surface area contributed by atoms with Crippen LogP contribution < -0.4 is 5.73 Å². The van der Waals surface area contributed by atoms with Gasteiger partial charge in [-0.15, -0.1) is 11.3 Å². The second-order valence-electron chi connectivity index (χ2n) is 6.94. The van der Waals surface area contributed by atoms with Crippen molar-refractivity contribution < 1.29 is 0 Å². The lowest BCUT2D eigenvalue weighted by molar-refractivity contribution is 0.647. The number of amidine groups is 1. The molecule has 3 aromatic heterocycles. The van der Waals surface area contributed by atoms with Crippen LogP contribution in [0.2, 0.25) is 0 Å². The Kier molecular flexibility index (Phi) is 4.88. The zero-order valence-corrected chi connectivity index (χ0v) is 16.6. The number of aliphatic imine (C=N–C) groups is 1. The fourth-order valence-corrected chi connectivity index (χ4v) is 4.15. The molecule has 1 aliphatic heterocycles. The lowest BCUT2D eigenvalue weighted by atomic mass is 10.00. The number of pyridine rings is 1. The maximum atomic E-state index is 9.09. The predicted molar refractivity (Wildman–Crippen MR) is 110 cm³/mol. The van der Waals surface area contributed by atoms with Crippen LogP contribution in [0.15, 0.2) is 41.1 Å². The quantitative estimate of drug-likeness (QED) is 0.728. The van der Waals surface area contributed by atoms with E-state index < -0.39 is 0 Å². The van der Waals surface area contributed by atoms with Crippen LogP contribution in [0.5, 0.6) is 0 Å². The van der Waals surface area contributed by atoms with Gasteiger partial charge in [-0.1, -0.05) is 13.8 Å². The molecule has 4 heterocycles. The van der Waals surface area contributed by atoms with Crippen LogP contribution in [-0.4, -0.2) is 20.8 Å². The number of hydrogen-bond donors (Lipinski definition) is 1. The summed E-state index contributed by atoms with van der Waals surface area (Å²) in [6.45, 7) is 4.27. The number of aromatic nitrogens is 3. The van der Waals surface area contributed by atoms with Crippen LogP contribution in [0.1, 0.15) is 59.8 Å². The first-order chi connectivity index (χ1) is 13.6. The van der Waals surface area contributed by atoms with Crippen LogP contribution in [0.25, 0.3) is 11.1 Å². The molecule has 28 heavy (non-hydrogen) atoms. The van der Waals surface area contributed by atoms with Gasteiger partial charge < -0.3 is 5.73 Å². The molecule has 1 aliphatic rings. The Labute approximate surface area is 167 Å². The Morgan fingerprint density at radius 3 is 2.93 bits per heavy atom. The van der Waals surface area contributed by atoms with Crippen molar-refractivity contribution in [3.63, 3.8) is 0 Å². The van der Waals surface area contributed by atoms with E-state index in [4.69, 9.17) is 16.0 Å². The minimum absolute atomic E-state index is 0.0574. The normalized spacial score (nSPS) is 16.8. The molecule has 0 amide bonds. The highest BCUT2D eigenvalue weighted by Crippen LogP contribution is 2.35. The summed E-state index contributed by atoms with van der Waals surface area (Å²) in [5, 5.41) is 11.2. The Bertz CT molecular complexity index is 1090. The average molecular weight is 389 g/mol. The second kappa shape index (κ2) is 7.49. The fourth-order valence-electron chi connectivity index (χ4n) is 3.19. The second-order valence-corrected chi connectivity index (χ2v) is 7.89. The molecule has 0 aliphatic carbocycles. The Balaban J connectivity index is 1.64. The van der Waals surface area contributed by atoms with Gasteiger partial charge in [-0.2, -0.15) is 5.26 Å². The van der Waals surface area contributed by atoms with E-state index in [2.05, 4.69) is 46.3 Å². The number of thiophene rings is 1. The Morgan fingerprint density at radius 2 is 2.14 bits per heavy atom. The molecule has 2 unspecified atom stereocenters. The van der Waals surface area contributed by atoms with Crippen molar-refractivity contribution in [3.05, 3.63) is 63.6 Å². The molecular weight excluding hydrogens is 368 g/mol. The smallest absolute Gasteiger partial charge is 0.131 e. The van der Waals surface area contributed by atoms with Crippen molar-refractivity contribution in [1.29, 1.82) is 5.26 Å². The van der Waals surface area contributed by atoms with Crippen molar-refractivity contribution in [1.82, 2.24) is 15.0 Å². The number of nitriles is 1. The minimum Gasteiger partial charge on any atom is -0.383 e. The van der Waals surface area contributed by atoms with Crippen molar-refractivity contribution in [3.8, 4) is 17.2 Å². The molecule has 140 valence electrons. The molecule has 4 rings (SSSR count). The van der Waals surface area contributed by atoms with E-state index in [-0.39, 0.29) is 6.04 Å². The van der Waals surface area contributed by atoms with E-state index >= 15 is 0 Å². The van der Waals surface area contributed by atoms with Gasteiger partial charge in [0, 0.05) is 41.4 Å². The molecule has 7 heteroatoms. The SMILES string of the molecule is CCC(C)c1ncc2c(n1)CC(c1cc(-c3cncc(C#N)c3)cs1)N=C2N. The molecule has 2 N–H and O–H groups in total. The molecule has 0 saturated heterocycles. The third-order valence-corrected chi connectivity index (χ3v) is 6.08. The molecule has 2 atom stereocenters. The number of nitrogens with zero attached hydrogens (tertiary/aromatic N) is 5. The van der Waals surface area contributed by atoms with Gasteiger partial charge in [0.25, 0.3) is 0 Å². The standard InChI is InChI=1S/C21H20N6S/c1-3-12(2)21-25-10-16-17(27-21)6-18(26-20(16)23)19-5-15(11-28-19)14-4-13(7-22)8-24-9-14/h4-5,8-12,18H,3,6H2,1-2H3,(H2,23,26). The van der Waals surface area contributed by atoms with Crippen molar-refractivity contribution >= 4 is 17.2 Å². The summed E-state index contributed by atoms with van der Waals surface area (Å²) < 4.78 is 0. The molecular formula is C21H20N6S. The topological polar surface area (TPSA) is 101 Å². The van der Waals surface area contributed by atoms with Gasteiger partial charge in [-0.05, 0) is 29.5 Å². The van der Waals surface area contributed by atoms with Gasteiger partial charge in [0.05, 0.1) is 22.9 Å². The number of nitrogens with two attached hydrogens (primary N) is 1. The molecule has 0 spiro atoms. The summed E-state index contributed by atoms with van der Waals surface area (Å²) in [5.74, 6) is 1.67. The van der Waals surface area contributed by atoms with Gasteiger partial charge in [-0.3, -0.25) is 9.98 Å². The third kappa shape index (κ3) is 3.39. The molecule has 0 saturated carbocycles. The Hall–Kier alpha value is -3.11. The largest absolute Gasteiger partial charge is 0.383 e. The summed E-state index contributed by atoms with van der Waals surface area (Å²) in [7, 11) is 0. The van der Waals surface area contributed by atoms with E-state index in [1.54, 1.807) is 29.9 Å². The fraction of sp³-hybridized carbons (Fsp3) is 0.286. The monoisotopic (exact) mass is 388 g/mol. The summed E-state index contributed by atoms with van der Waals surface area (Å²) in [4.78, 5) is 19.2. The van der Waals surface area contributed by atoms with E-state index in [0.717, 1.165) is 39.5 Å². The van der Waals surface area contributed by atoms with Crippen LogP contribution in [0.4, 0.5) is 0 Å². The third-order valence-electron chi connectivity index (χ3n) is 5.05. The number of fused-ring (bicyclic) bond motifs is 1. The first kappa shape index (κ1) is 18.3. The summed E-state index contributed by atoms with van der Waals surface area (Å²) in [6.07, 6.45) is 6.84. The van der Waals surface area contributed by atoms with Gasteiger partial charge in [0.15, 0.2) is 0 Å². The molecule has 0 bridgehead atoms. The van der Waals surface area contributed by atoms with Crippen molar-refractivity contribution in [2.24, 2.45) is 10.7 Å². The average Bonchev–Trinajstić information content (AvgIpc) is 3.23. The zero-order chi connectivity index (χ0) is 19.7.